The Bertz CT molecular complexity index is 906. The van der Waals surface area contributed by atoms with Crippen LogP contribution in [0.25, 0.3) is 10.7 Å². The van der Waals surface area contributed by atoms with E-state index in [4.69, 9.17) is 4.74 Å². The van der Waals surface area contributed by atoms with Gasteiger partial charge in [0.1, 0.15) is 5.75 Å². The largest absolute Gasteiger partial charge is 0.495 e. The number of carbonyl (C=O) groups is 1. The van der Waals surface area contributed by atoms with Crippen molar-refractivity contribution in [3.05, 3.63) is 41.3 Å². The van der Waals surface area contributed by atoms with Crippen molar-refractivity contribution in [3.8, 4) is 16.5 Å². The number of benzene rings is 1. The van der Waals surface area contributed by atoms with Crippen molar-refractivity contribution in [2.75, 3.05) is 12.4 Å². The molecule has 0 spiro atoms. The fraction of sp³-hybridized carbons (Fsp3) is 0.278. The highest BCUT2D eigenvalue weighted by Gasteiger charge is 2.20. The lowest BCUT2D eigenvalue weighted by Gasteiger charge is -2.14. The molecule has 0 aliphatic rings. The van der Waals surface area contributed by atoms with E-state index in [9.17, 15) is 4.79 Å². The zero-order valence-corrected chi connectivity index (χ0v) is 16.6. The van der Waals surface area contributed by atoms with Crippen LogP contribution in [0.3, 0.4) is 0 Å². The summed E-state index contributed by atoms with van der Waals surface area (Å²) in [6.45, 7) is 3.82. The van der Waals surface area contributed by atoms with Gasteiger partial charge in [-0.3, -0.25) is 4.79 Å². The molecular formula is C18H20N4O2S2. The summed E-state index contributed by atoms with van der Waals surface area (Å²) < 4.78 is 7.23. The van der Waals surface area contributed by atoms with Gasteiger partial charge in [0, 0.05) is 7.05 Å². The van der Waals surface area contributed by atoms with E-state index in [1.54, 1.807) is 18.4 Å². The zero-order valence-electron chi connectivity index (χ0n) is 15.0. The number of amides is 1. The number of thiophene rings is 1. The summed E-state index contributed by atoms with van der Waals surface area (Å²) in [4.78, 5) is 13.6. The van der Waals surface area contributed by atoms with Gasteiger partial charge in [-0.15, -0.1) is 21.5 Å². The topological polar surface area (TPSA) is 69.0 Å². The fourth-order valence-corrected chi connectivity index (χ4v) is 3.96. The third-order valence-electron chi connectivity index (χ3n) is 3.84. The molecule has 0 aliphatic heterocycles. The van der Waals surface area contributed by atoms with E-state index >= 15 is 0 Å². The Kier molecular flexibility index (Phi) is 5.63. The highest BCUT2D eigenvalue weighted by Crippen LogP contribution is 2.30. The smallest absolute Gasteiger partial charge is 0.237 e. The molecule has 0 aliphatic carbocycles. The van der Waals surface area contributed by atoms with Crippen LogP contribution in [0.5, 0.6) is 5.75 Å². The van der Waals surface area contributed by atoms with Gasteiger partial charge in [0.15, 0.2) is 11.0 Å². The maximum Gasteiger partial charge on any atom is 0.237 e. The number of nitrogens with zero attached hydrogens (tertiary/aromatic N) is 3. The zero-order chi connectivity index (χ0) is 18.7. The van der Waals surface area contributed by atoms with E-state index < -0.39 is 0 Å². The highest BCUT2D eigenvalue weighted by molar-refractivity contribution is 8.00. The minimum Gasteiger partial charge on any atom is -0.495 e. The number of thioether (sulfide) groups is 1. The molecule has 2 heterocycles. The first-order chi connectivity index (χ1) is 12.5. The monoisotopic (exact) mass is 388 g/mol. The summed E-state index contributed by atoms with van der Waals surface area (Å²) in [7, 11) is 3.50. The van der Waals surface area contributed by atoms with Crippen LogP contribution in [0.1, 0.15) is 12.5 Å². The van der Waals surface area contributed by atoms with Gasteiger partial charge < -0.3 is 14.6 Å². The van der Waals surface area contributed by atoms with Gasteiger partial charge in [0.2, 0.25) is 5.91 Å². The molecule has 1 atom stereocenters. The van der Waals surface area contributed by atoms with Crippen LogP contribution in [-0.4, -0.2) is 33.0 Å². The molecule has 3 rings (SSSR count). The summed E-state index contributed by atoms with van der Waals surface area (Å²) in [5.74, 6) is 1.33. The predicted octanol–water partition coefficient (Wildman–Crippen LogP) is 3.98. The summed E-state index contributed by atoms with van der Waals surface area (Å²) in [5.41, 5.74) is 1.72. The standard InChI is InChI=1S/C18H20N4O2S2/c1-11-7-8-14(24-4)13(10-11)19-17(23)12(2)26-18-21-20-16(22(18)3)15-6-5-9-25-15/h5-10,12H,1-4H3,(H,19,23). The molecule has 0 saturated heterocycles. The molecule has 3 aromatic rings. The van der Waals surface area contributed by atoms with Crippen molar-refractivity contribution in [1.82, 2.24) is 14.8 Å². The lowest BCUT2D eigenvalue weighted by molar-refractivity contribution is -0.115. The first-order valence-corrected chi connectivity index (χ1v) is 9.81. The molecule has 0 fully saturated rings. The number of carbonyl (C=O) groups excluding carboxylic acids is 1. The number of hydrogen-bond acceptors (Lipinski definition) is 6. The van der Waals surface area contributed by atoms with E-state index in [-0.39, 0.29) is 11.2 Å². The van der Waals surface area contributed by atoms with Crippen molar-refractivity contribution in [3.63, 3.8) is 0 Å². The Hall–Kier alpha value is -2.32. The van der Waals surface area contributed by atoms with Crippen LogP contribution in [-0.2, 0) is 11.8 Å². The van der Waals surface area contributed by atoms with Gasteiger partial charge in [0.25, 0.3) is 0 Å². The second-order valence-corrected chi connectivity index (χ2v) is 8.05. The third-order valence-corrected chi connectivity index (χ3v) is 5.84. The summed E-state index contributed by atoms with van der Waals surface area (Å²) in [6.07, 6.45) is 0. The van der Waals surface area contributed by atoms with Crippen LogP contribution >= 0.6 is 23.1 Å². The number of methoxy groups -OCH3 is 1. The Labute approximate surface area is 160 Å². The molecule has 0 bridgehead atoms. The molecule has 0 radical (unpaired) electrons. The van der Waals surface area contributed by atoms with E-state index in [1.807, 2.05) is 61.2 Å². The maximum atomic E-state index is 12.6. The van der Waals surface area contributed by atoms with Gasteiger partial charge in [-0.05, 0) is 43.0 Å². The van der Waals surface area contributed by atoms with E-state index in [1.165, 1.54) is 11.8 Å². The van der Waals surface area contributed by atoms with Gasteiger partial charge in [-0.1, -0.05) is 23.9 Å². The molecule has 1 aromatic carbocycles. The Morgan fingerprint density at radius 1 is 1.35 bits per heavy atom. The molecule has 0 saturated carbocycles. The number of ether oxygens (including phenoxy) is 1. The van der Waals surface area contributed by atoms with Crippen LogP contribution in [0.2, 0.25) is 0 Å². The van der Waals surface area contributed by atoms with Gasteiger partial charge in [0.05, 0.1) is 22.9 Å². The first kappa shape index (κ1) is 18.5. The number of aryl methyl sites for hydroxylation is 1. The van der Waals surface area contributed by atoms with Crippen molar-refractivity contribution < 1.29 is 9.53 Å². The van der Waals surface area contributed by atoms with E-state index in [0.29, 0.717) is 16.6 Å². The minimum atomic E-state index is -0.334. The SMILES string of the molecule is COc1ccc(C)cc1NC(=O)C(C)Sc1nnc(-c2cccs2)n1C. The molecule has 1 amide bonds. The minimum absolute atomic E-state index is 0.112. The summed E-state index contributed by atoms with van der Waals surface area (Å²) in [5, 5.41) is 13.8. The molecule has 136 valence electrons. The quantitative estimate of drug-likeness (QED) is 0.647. The van der Waals surface area contributed by atoms with E-state index in [2.05, 4.69) is 15.5 Å². The Morgan fingerprint density at radius 3 is 2.85 bits per heavy atom. The van der Waals surface area contributed by atoms with Crippen LogP contribution < -0.4 is 10.1 Å². The fourth-order valence-electron chi connectivity index (χ4n) is 2.40. The van der Waals surface area contributed by atoms with Crippen molar-refractivity contribution >= 4 is 34.7 Å². The number of rotatable bonds is 6. The van der Waals surface area contributed by atoms with E-state index in [0.717, 1.165) is 16.3 Å². The Morgan fingerprint density at radius 2 is 2.15 bits per heavy atom. The maximum absolute atomic E-state index is 12.6. The first-order valence-electron chi connectivity index (χ1n) is 8.05. The average Bonchev–Trinajstić information content (AvgIpc) is 3.25. The Balaban J connectivity index is 1.71. The van der Waals surface area contributed by atoms with Crippen LogP contribution in [0.15, 0.2) is 40.9 Å². The lowest BCUT2D eigenvalue weighted by atomic mass is 10.2. The molecule has 1 N–H and O–H groups in total. The number of nitrogens with one attached hydrogen (secondary N) is 1. The molecule has 1 unspecified atom stereocenters. The molecule has 26 heavy (non-hydrogen) atoms. The lowest BCUT2D eigenvalue weighted by Crippen LogP contribution is -2.23. The molecule has 6 nitrogen and oxygen atoms in total. The van der Waals surface area contributed by atoms with Gasteiger partial charge >= 0.3 is 0 Å². The van der Waals surface area contributed by atoms with Gasteiger partial charge in [-0.25, -0.2) is 0 Å². The third kappa shape index (κ3) is 3.91. The average molecular weight is 389 g/mol. The second-order valence-electron chi connectivity index (χ2n) is 5.80. The van der Waals surface area contributed by atoms with Crippen LogP contribution in [0, 0.1) is 6.92 Å². The van der Waals surface area contributed by atoms with Crippen LogP contribution in [0.4, 0.5) is 5.69 Å². The highest BCUT2D eigenvalue weighted by atomic mass is 32.2. The summed E-state index contributed by atoms with van der Waals surface area (Å²) >= 11 is 2.98. The number of aromatic nitrogens is 3. The second kappa shape index (κ2) is 7.92. The van der Waals surface area contributed by atoms with Gasteiger partial charge in [-0.2, -0.15) is 0 Å². The normalized spacial score (nSPS) is 12.0. The van der Waals surface area contributed by atoms with Crippen molar-refractivity contribution in [1.29, 1.82) is 0 Å². The molecule has 8 heteroatoms. The number of anilines is 1. The number of hydrogen-bond donors (Lipinski definition) is 1. The predicted molar refractivity (Wildman–Crippen MR) is 106 cm³/mol. The van der Waals surface area contributed by atoms with Crippen molar-refractivity contribution in [2.24, 2.45) is 7.05 Å². The summed E-state index contributed by atoms with van der Waals surface area (Å²) in [6, 6.07) is 9.67. The molecular weight excluding hydrogens is 368 g/mol. The molecule has 2 aromatic heterocycles. The van der Waals surface area contributed by atoms with Crippen molar-refractivity contribution in [2.45, 2.75) is 24.3 Å².